The first-order chi connectivity index (χ1) is 15.9. The Balaban J connectivity index is 2.02. The van der Waals surface area contributed by atoms with E-state index in [4.69, 9.17) is 5.73 Å². The number of alkyl halides is 3. The summed E-state index contributed by atoms with van der Waals surface area (Å²) >= 11 is 0.688. The maximum absolute atomic E-state index is 13.7. The number of nitrogens with one attached hydrogen (secondary N) is 1. The number of thiophene rings is 1. The van der Waals surface area contributed by atoms with Crippen molar-refractivity contribution >= 4 is 39.1 Å². The first-order valence-corrected chi connectivity index (χ1v) is 10.9. The number of amides is 2. The van der Waals surface area contributed by atoms with Gasteiger partial charge in [-0.3, -0.25) is 19.0 Å². The van der Waals surface area contributed by atoms with Crippen molar-refractivity contribution in [1.82, 2.24) is 24.5 Å². The van der Waals surface area contributed by atoms with Crippen LogP contribution in [0, 0.1) is 13.8 Å². The van der Waals surface area contributed by atoms with E-state index in [1.165, 1.54) is 10.9 Å². The molecule has 0 aliphatic heterocycles. The first kappa shape index (κ1) is 23.4. The lowest BCUT2D eigenvalue weighted by Crippen LogP contribution is -2.17. The molecule has 4 aromatic rings. The molecule has 0 atom stereocenters. The second-order valence-electron chi connectivity index (χ2n) is 7.64. The summed E-state index contributed by atoms with van der Waals surface area (Å²) in [5.74, 6) is -1.48. The molecule has 4 heterocycles. The molecule has 0 bridgehead atoms. The van der Waals surface area contributed by atoms with Gasteiger partial charge in [0.25, 0.3) is 11.8 Å². The van der Waals surface area contributed by atoms with Crippen LogP contribution in [0.25, 0.3) is 21.3 Å². The second-order valence-corrected chi connectivity index (χ2v) is 8.64. The number of nitrogens with two attached hydrogens (primary N) is 1. The lowest BCUT2D eigenvalue weighted by Gasteiger charge is -2.12. The minimum atomic E-state index is -4.73. The third-order valence-electron chi connectivity index (χ3n) is 5.23. The van der Waals surface area contributed by atoms with Crippen LogP contribution < -0.4 is 11.1 Å². The zero-order valence-corrected chi connectivity index (χ0v) is 19.4. The van der Waals surface area contributed by atoms with E-state index >= 15 is 0 Å². The fraction of sp³-hybridized carbons (Fsp3) is 0.286. The summed E-state index contributed by atoms with van der Waals surface area (Å²) < 4.78 is 44.1. The van der Waals surface area contributed by atoms with E-state index in [-0.39, 0.29) is 31.9 Å². The molecule has 4 aromatic heterocycles. The van der Waals surface area contributed by atoms with Gasteiger partial charge in [-0.05, 0) is 32.4 Å². The lowest BCUT2D eigenvalue weighted by molar-refractivity contribution is -0.140. The normalized spacial score (nSPS) is 11.9. The third-order valence-corrected chi connectivity index (χ3v) is 6.33. The van der Waals surface area contributed by atoms with Gasteiger partial charge in [-0.1, -0.05) is 0 Å². The number of pyridine rings is 1. The van der Waals surface area contributed by atoms with E-state index in [1.807, 2.05) is 6.92 Å². The summed E-state index contributed by atoms with van der Waals surface area (Å²) in [5, 5.41) is 11.3. The number of primary amides is 1. The highest BCUT2D eigenvalue weighted by atomic mass is 32.1. The predicted molar refractivity (Wildman–Crippen MR) is 121 cm³/mol. The summed E-state index contributed by atoms with van der Waals surface area (Å²) in [7, 11) is 1.65. The van der Waals surface area contributed by atoms with Crippen molar-refractivity contribution in [3.8, 4) is 11.1 Å². The number of aryl methyl sites for hydroxylation is 4. The van der Waals surface area contributed by atoms with Gasteiger partial charge < -0.3 is 11.1 Å². The Kier molecular flexibility index (Phi) is 5.67. The smallest absolute Gasteiger partial charge is 0.365 e. The Morgan fingerprint density at radius 1 is 1.15 bits per heavy atom. The molecule has 0 radical (unpaired) electrons. The number of hydrogen-bond donors (Lipinski definition) is 2. The Bertz CT molecular complexity index is 1450. The molecule has 9 nitrogen and oxygen atoms in total. The molecule has 0 aliphatic carbocycles. The molecule has 2 amide bonds. The Morgan fingerprint density at radius 3 is 2.38 bits per heavy atom. The van der Waals surface area contributed by atoms with Crippen LogP contribution in [0.3, 0.4) is 0 Å². The largest absolute Gasteiger partial charge is 0.433 e. The van der Waals surface area contributed by atoms with Crippen LogP contribution in [0.1, 0.15) is 44.0 Å². The Hall–Kier alpha value is -3.74. The fourth-order valence-corrected chi connectivity index (χ4v) is 4.70. The minimum Gasteiger partial charge on any atom is -0.365 e. The second kappa shape index (κ2) is 8.24. The summed E-state index contributed by atoms with van der Waals surface area (Å²) in [5.41, 5.74) is 6.13. The third kappa shape index (κ3) is 4.02. The summed E-state index contributed by atoms with van der Waals surface area (Å²) in [4.78, 5) is 28.8. The average molecular weight is 491 g/mol. The van der Waals surface area contributed by atoms with E-state index in [2.05, 4.69) is 20.5 Å². The van der Waals surface area contributed by atoms with Crippen molar-refractivity contribution in [3.05, 3.63) is 46.0 Å². The monoisotopic (exact) mass is 491 g/mol. The van der Waals surface area contributed by atoms with Gasteiger partial charge in [0.05, 0.1) is 22.6 Å². The van der Waals surface area contributed by atoms with Gasteiger partial charge in [0.15, 0.2) is 0 Å². The van der Waals surface area contributed by atoms with Crippen molar-refractivity contribution < 1.29 is 22.8 Å². The van der Waals surface area contributed by atoms with Crippen LogP contribution in [0.4, 0.5) is 18.9 Å². The molecule has 3 N–H and O–H groups in total. The summed E-state index contributed by atoms with van der Waals surface area (Å²) in [6.45, 7) is 5.65. The van der Waals surface area contributed by atoms with Gasteiger partial charge in [0.2, 0.25) is 0 Å². The van der Waals surface area contributed by atoms with Gasteiger partial charge in [-0.25, -0.2) is 4.98 Å². The van der Waals surface area contributed by atoms with Gasteiger partial charge in [0, 0.05) is 36.9 Å². The molecule has 0 fully saturated rings. The summed E-state index contributed by atoms with van der Waals surface area (Å²) in [6, 6.07) is 0.898. The zero-order chi connectivity index (χ0) is 24.9. The van der Waals surface area contributed by atoms with Gasteiger partial charge in [-0.15, -0.1) is 11.3 Å². The topological polar surface area (TPSA) is 121 Å². The molecule has 34 heavy (non-hydrogen) atoms. The molecule has 13 heteroatoms. The molecular formula is C21H20F3N7O2S. The molecule has 0 unspecified atom stereocenters. The van der Waals surface area contributed by atoms with E-state index in [0.29, 0.717) is 34.8 Å². The van der Waals surface area contributed by atoms with E-state index in [9.17, 15) is 22.8 Å². The highest BCUT2D eigenvalue weighted by molar-refractivity contribution is 7.21. The van der Waals surface area contributed by atoms with Gasteiger partial charge in [0.1, 0.15) is 15.4 Å². The first-order valence-electron chi connectivity index (χ1n) is 10.1. The maximum Gasteiger partial charge on any atom is 0.433 e. The Labute approximate surface area is 195 Å². The number of halogens is 3. The molecule has 0 aromatic carbocycles. The highest BCUT2D eigenvalue weighted by Crippen LogP contribution is 2.44. The number of hydrogen-bond acceptors (Lipinski definition) is 6. The van der Waals surface area contributed by atoms with E-state index in [1.54, 1.807) is 31.8 Å². The van der Waals surface area contributed by atoms with Crippen LogP contribution in [-0.2, 0) is 19.8 Å². The quantitative estimate of drug-likeness (QED) is 0.439. The Morgan fingerprint density at radius 2 is 1.85 bits per heavy atom. The van der Waals surface area contributed by atoms with E-state index in [0.717, 1.165) is 6.07 Å². The molecule has 4 rings (SSSR count). The van der Waals surface area contributed by atoms with Crippen LogP contribution in [-0.4, -0.2) is 36.4 Å². The standard InChI is InChI=1S/C21H20F3N7O2S/c1-5-31-8-12(9(2)29-31)11-6-14(21(22,23)24)26-20-15(11)16(17(34-20)18(25)32)27-19(33)13-7-30(4)28-10(13)3/h6-8H,5H2,1-4H3,(H2,25,32)(H,27,33). The van der Waals surface area contributed by atoms with Crippen LogP contribution in [0.2, 0.25) is 0 Å². The SMILES string of the molecule is CCn1cc(-c2cc(C(F)(F)F)nc3sc(C(N)=O)c(NC(=O)c4cn(C)nc4C)c23)c(C)n1. The average Bonchev–Trinajstić information content (AvgIpc) is 3.41. The molecule has 0 saturated heterocycles. The summed E-state index contributed by atoms with van der Waals surface area (Å²) in [6.07, 6.45) is -1.62. The van der Waals surface area contributed by atoms with Crippen molar-refractivity contribution in [1.29, 1.82) is 0 Å². The van der Waals surface area contributed by atoms with Crippen molar-refractivity contribution in [2.45, 2.75) is 33.5 Å². The van der Waals surface area contributed by atoms with Crippen molar-refractivity contribution in [2.24, 2.45) is 12.8 Å². The molecular weight excluding hydrogens is 471 g/mol. The predicted octanol–water partition coefficient (Wildman–Crippen LogP) is 3.90. The molecule has 178 valence electrons. The number of aromatic nitrogens is 5. The van der Waals surface area contributed by atoms with Crippen LogP contribution in [0.15, 0.2) is 18.5 Å². The van der Waals surface area contributed by atoms with Gasteiger partial charge >= 0.3 is 6.18 Å². The number of fused-ring (bicyclic) bond motifs is 1. The number of nitrogens with zero attached hydrogens (tertiary/aromatic N) is 5. The van der Waals surface area contributed by atoms with Gasteiger partial charge in [-0.2, -0.15) is 23.4 Å². The zero-order valence-electron chi connectivity index (χ0n) is 18.6. The fourth-order valence-electron chi connectivity index (χ4n) is 3.70. The lowest BCUT2D eigenvalue weighted by atomic mass is 10.0. The number of anilines is 1. The number of rotatable bonds is 5. The van der Waals surface area contributed by atoms with Crippen molar-refractivity contribution in [2.75, 3.05) is 5.32 Å². The molecule has 0 spiro atoms. The molecule has 0 saturated carbocycles. The number of carbonyl (C=O) groups excluding carboxylic acids is 2. The minimum absolute atomic E-state index is 0.000580. The van der Waals surface area contributed by atoms with E-state index < -0.39 is 23.7 Å². The number of carbonyl (C=O) groups is 2. The maximum atomic E-state index is 13.7. The van der Waals surface area contributed by atoms with Crippen LogP contribution in [0.5, 0.6) is 0 Å². The highest BCUT2D eigenvalue weighted by Gasteiger charge is 2.35. The van der Waals surface area contributed by atoms with Crippen molar-refractivity contribution in [3.63, 3.8) is 0 Å². The molecule has 0 aliphatic rings. The van der Waals surface area contributed by atoms with Crippen LogP contribution >= 0.6 is 11.3 Å².